The predicted octanol–water partition coefficient (Wildman–Crippen LogP) is -2.97. The second-order valence-corrected chi connectivity index (χ2v) is 20.2. The van der Waals surface area contributed by atoms with E-state index < -0.39 is 108 Å². The zero-order valence-corrected chi connectivity index (χ0v) is 44.6. The summed E-state index contributed by atoms with van der Waals surface area (Å²) in [5.74, 6) is -7.71. The number of likely N-dealkylation sites (tertiary alicyclic amines) is 1. The Morgan fingerprint density at radius 1 is 0.782 bits per heavy atom. The van der Waals surface area contributed by atoms with Crippen LogP contribution in [0.3, 0.4) is 0 Å². The van der Waals surface area contributed by atoms with Gasteiger partial charge in [-0.15, -0.1) is 0 Å². The fourth-order valence-electron chi connectivity index (χ4n) is 9.92. The van der Waals surface area contributed by atoms with E-state index in [-0.39, 0.29) is 77.2 Å². The van der Waals surface area contributed by atoms with Crippen LogP contribution < -0.4 is 47.4 Å². The summed E-state index contributed by atoms with van der Waals surface area (Å²) in [6.45, 7) is 6.83. The van der Waals surface area contributed by atoms with Crippen LogP contribution in [0.15, 0.2) is 18.2 Å². The van der Waals surface area contributed by atoms with Crippen molar-refractivity contribution in [3.05, 3.63) is 29.3 Å². The van der Waals surface area contributed by atoms with Gasteiger partial charge in [0.05, 0.1) is 31.7 Å². The summed E-state index contributed by atoms with van der Waals surface area (Å²) in [6.07, 6.45) is 0.599. The van der Waals surface area contributed by atoms with E-state index in [1.807, 2.05) is 30.0 Å². The van der Waals surface area contributed by atoms with E-state index in [0.29, 0.717) is 70.3 Å². The monoisotopic (exact) mass is 1100 g/mol. The van der Waals surface area contributed by atoms with Crippen molar-refractivity contribution in [2.45, 2.75) is 121 Å². The number of para-hydroxylation sites is 1. The Hall–Kier alpha value is -6.81. The number of rotatable bonds is 33. The van der Waals surface area contributed by atoms with Gasteiger partial charge in [0.1, 0.15) is 30.2 Å². The number of carbonyl (C=O) groups is 11. The second-order valence-electron chi connectivity index (χ2n) is 20.2. The highest BCUT2D eigenvalue weighted by Gasteiger charge is 2.46. The van der Waals surface area contributed by atoms with Crippen molar-refractivity contribution in [3.8, 4) is 0 Å². The van der Waals surface area contributed by atoms with Crippen molar-refractivity contribution < 1.29 is 77.5 Å². The zero-order chi connectivity index (χ0) is 56.9. The third-order valence-electron chi connectivity index (χ3n) is 14.3. The average Bonchev–Trinajstić information content (AvgIpc) is 4.03. The molecule has 4 heterocycles. The summed E-state index contributed by atoms with van der Waals surface area (Å²) in [7, 11) is 1.35. The molecule has 0 aromatic heterocycles. The maximum Gasteiger partial charge on any atom is 0.317 e. The molecule has 0 spiro atoms. The summed E-state index contributed by atoms with van der Waals surface area (Å²) < 4.78 is 10.3. The number of nitrogens with one attached hydrogen (secondary N) is 8. The molecule has 27 heteroatoms. The maximum absolute atomic E-state index is 14.4. The molecule has 0 aliphatic carbocycles. The number of carboxylic acids is 3. The van der Waals surface area contributed by atoms with Crippen molar-refractivity contribution in [1.29, 1.82) is 0 Å². The van der Waals surface area contributed by atoms with E-state index in [1.54, 1.807) is 11.8 Å². The fourth-order valence-corrected chi connectivity index (χ4v) is 9.92. The van der Waals surface area contributed by atoms with Gasteiger partial charge in [-0.05, 0) is 74.7 Å². The number of carbonyl (C=O) groups excluding carboxylic acids is 8. The van der Waals surface area contributed by atoms with E-state index >= 15 is 0 Å². The number of hydrogen-bond donors (Lipinski definition) is 11. The smallest absolute Gasteiger partial charge is 0.317 e. The molecule has 4 aliphatic heterocycles. The normalized spacial score (nSPS) is 20.3. The maximum atomic E-state index is 14.4. The molecule has 1 aromatic carbocycles. The van der Waals surface area contributed by atoms with Gasteiger partial charge >= 0.3 is 23.9 Å². The Labute approximate surface area is 452 Å². The van der Waals surface area contributed by atoms with E-state index in [1.165, 1.54) is 12.0 Å². The highest BCUT2D eigenvalue weighted by atomic mass is 16.7. The van der Waals surface area contributed by atoms with Crippen molar-refractivity contribution in [2.24, 2.45) is 11.8 Å². The quantitative estimate of drug-likeness (QED) is 0.0247. The minimum atomic E-state index is -1.28. The minimum absolute atomic E-state index is 0.0480. The van der Waals surface area contributed by atoms with Gasteiger partial charge in [0.25, 0.3) is 0 Å². The molecular weight excluding hydrogens is 1020 g/mol. The summed E-state index contributed by atoms with van der Waals surface area (Å²) in [5, 5.41) is 49.6. The largest absolute Gasteiger partial charge is 0.481 e. The molecule has 2 unspecified atom stereocenters. The first-order chi connectivity index (χ1) is 37.3. The number of amides is 7. The first-order valence-corrected chi connectivity index (χ1v) is 26.7. The van der Waals surface area contributed by atoms with Crippen LogP contribution >= 0.6 is 0 Å². The molecule has 5 rings (SSSR count). The first-order valence-electron chi connectivity index (χ1n) is 26.7. The molecule has 2 saturated heterocycles. The molecule has 0 bridgehead atoms. The lowest BCUT2D eigenvalue weighted by atomic mass is 9.97. The zero-order valence-electron chi connectivity index (χ0n) is 44.6. The van der Waals surface area contributed by atoms with Gasteiger partial charge in [0.2, 0.25) is 47.6 Å². The average molecular weight is 1100 g/mol. The minimum Gasteiger partial charge on any atom is -0.481 e. The first kappa shape index (κ1) is 62.0. The topological polar surface area (TPSA) is 373 Å². The molecule has 78 heavy (non-hydrogen) atoms. The number of anilines is 1. The molecule has 432 valence electrons. The van der Waals surface area contributed by atoms with E-state index in [0.717, 1.165) is 24.0 Å². The summed E-state index contributed by atoms with van der Waals surface area (Å²) in [4.78, 5) is 145. The number of esters is 1. The molecule has 2 fully saturated rings. The van der Waals surface area contributed by atoms with Crippen molar-refractivity contribution in [3.63, 3.8) is 0 Å². The third-order valence-corrected chi connectivity index (χ3v) is 14.3. The summed E-state index contributed by atoms with van der Waals surface area (Å²) >= 11 is 0. The molecule has 1 aromatic rings. The molecule has 11 N–H and O–H groups in total. The molecule has 0 radical (unpaired) electrons. The Kier molecular flexibility index (Phi) is 24.6. The highest BCUT2D eigenvalue weighted by molar-refractivity contribution is 6.08. The molecule has 27 nitrogen and oxygen atoms in total. The summed E-state index contributed by atoms with van der Waals surface area (Å²) in [5.41, 5.74) is 2.19. The molecule has 4 aliphatic rings. The number of benzene rings is 1. The van der Waals surface area contributed by atoms with Crippen LogP contribution in [0.4, 0.5) is 5.69 Å². The van der Waals surface area contributed by atoms with Gasteiger partial charge in [-0.25, -0.2) is 0 Å². The van der Waals surface area contributed by atoms with Gasteiger partial charge in [-0.3, -0.25) is 67.4 Å². The number of aliphatic carboxylic acids is 3. The van der Waals surface area contributed by atoms with Gasteiger partial charge in [-0.1, -0.05) is 38.5 Å². The van der Waals surface area contributed by atoms with E-state index in [9.17, 15) is 63.0 Å². The number of methoxy groups -OCH3 is 1. The number of hydrogen-bond acceptors (Lipinski definition) is 17. The van der Waals surface area contributed by atoms with Gasteiger partial charge < -0.3 is 67.3 Å². The van der Waals surface area contributed by atoms with Crippen LogP contribution in [-0.4, -0.2) is 212 Å². The van der Waals surface area contributed by atoms with Gasteiger partial charge in [0.15, 0.2) is 0 Å². The highest BCUT2D eigenvalue weighted by Crippen LogP contribution is 2.39. The standard InChI is InChI=1S/C51H77N11O16/c1-4-30(2)45(49(75)57-35-9-8-32-6-5-7-33-24-37(62(46(32)33)50(35)76)48(74)58-36-25-44(72)78-51(36)77-3)59-39(64)13-17-55-47(73)34(10-11-41(66)67)56-38(63)12-16-54-40(65)28-60-20-14-31(15-21-60)26-52-18-22-61(29-43(70)71)23-19-53-27-42(68)69/h5-7,30-31,34-37,45,51-53H,4,8-29H2,1-3H3,(H,54,65)(H,55,73)(H,56,63)(H,57,75)(H,58,74)(H,59,64)(H,66,67)(H,68,69)(H,70,71)/t30-,34+,35-,36?,37-,45-,51?/m0/s1. The molecule has 7 amide bonds. The second kappa shape index (κ2) is 31.0. The summed E-state index contributed by atoms with van der Waals surface area (Å²) in [6, 6.07) is 0.326. The number of piperidine rings is 1. The van der Waals surface area contributed by atoms with E-state index in [2.05, 4.69) is 42.5 Å². The van der Waals surface area contributed by atoms with Crippen LogP contribution in [0.2, 0.25) is 0 Å². The van der Waals surface area contributed by atoms with Crippen LogP contribution in [-0.2, 0) is 75.1 Å². The lowest BCUT2D eigenvalue weighted by Gasteiger charge is -2.31. The Morgan fingerprint density at radius 3 is 2.13 bits per heavy atom. The number of aryl methyl sites for hydroxylation is 1. The van der Waals surface area contributed by atoms with E-state index in [4.69, 9.17) is 14.6 Å². The number of cyclic esters (lactones) is 1. The fraction of sp³-hybridized carbons (Fsp3) is 0.667. The van der Waals surface area contributed by atoms with Crippen molar-refractivity contribution >= 4 is 70.9 Å². The molecule has 0 saturated carbocycles. The van der Waals surface area contributed by atoms with Crippen molar-refractivity contribution in [2.75, 3.05) is 90.5 Å². The van der Waals surface area contributed by atoms with Crippen LogP contribution in [0.25, 0.3) is 0 Å². The SMILES string of the molecule is CC[C@H](C)[C@H](NC(=O)CCNC(=O)[C@@H](CCC(=O)O)NC(=O)CCNC(=O)CN1CCC(CNCCN(CCNCC(=O)O)CC(=O)O)CC1)C(=O)N[C@H]1CCc2cccc3c2N(C1=O)[C@H](C(=O)NC1CC(=O)OC1OC)C3. The molecular formula is C51H77N11O16. The Balaban J connectivity index is 1.03. The number of carboxylic acid groups (broad SMARTS) is 3. The van der Waals surface area contributed by atoms with Crippen LogP contribution in [0.5, 0.6) is 0 Å². The number of ether oxygens (including phenoxy) is 2. The van der Waals surface area contributed by atoms with Gasteiger partial charge in [0, 0.05) is 72.1 Å². The Morgan fingerprint density at radius 2 is 1.46 bits per heavy atom. The van der Waals surface area contributed by atoms with Crippen molar-refractivity contribution in [1.82, 2.24) is 52.3 Å². The number of nitrogens with zero attached hydrogens (tertiary/aromatic N) is 3. The third kappa shape index (κ3) is 19.3. The van der Waals surface area contributed by atoms with Gasteiger partial charge in [-0.2, -0.15) is 0 Å². The molecule has 7 atom stereocenters. The van der Waals surface area contributed by atoms with Crippen LogP contribution in [0.1, 0.15) is 82.8 Å². The Bertz CT molecular complexity index is 2320. The lowest BCUT2D eigenvalue weighted by molar-refractivity contribution is -0.160. The van der Waals surface area contributed by atoms with Crippen LogP contribution in [0, 0.1) is 11.8 Å². The lowest BCUT2D eigenvalue weighted by Crippen LogP contribution is -2.59. The predicted molar refractivity (Wildman–Crippen MR) is 277 cm³/mol.